The van der Waals surface area contributed by atoms with Crippen molar-refractivity contribution in [3.63, 3.8) is 0 Å². The van der Waals surface area contributed by atoms with E-state index in [4.69, 9.17) is 23.2 Å². The fourth-order valence-corrected chi connectivity index (χ4v) is 1.24. The molecule has 0 N–H and O–H groups in total. The average Bonchev–Trinajstić information content (AvgIpc) is 2.35. The molecule has 0 aliphatic carbocycles. The van der Waals surface area contributed by atoms with Gasteiger partial charge in [0.1, 0.15) is 16.9 Å². The fraction of sp³-hybridized carbons (Fsp3) is 0.286. The first-order chi connectivity index (χ1) is 5.65. The molecule has 0 atom stereocenters. The second kappa shape index (κ2) is 3.83. The van der Waals surface area contributed by atoms with Gasteiger partial charge in [0.25, 0.3) is 0 Å². The summed E-state index contributed by atoms with van der Waals surface area (Å²) in [5, 5.41) is 0.843. The second-order valence-electron chi connectivity index (χ2n) is 2.14. The minimum Gasteiger partial charge on any atom is -0.468 e. The lowest BCUT2D eigenvalue weighted by atomic mass is 10.6. The van der Waals surface area contributed by atoms with Crippen molar-refractivity contribution in [3.8, 4) is 0 Å². The zero-order valence-corrected chi connectivity index (χ0v) is 7.89. The van der Waals surface area contributed by atoms with Gasteiger partial charge < -0.3 is 9.30 Å². The Labute approximate surface area is 79.8 Å². The van der Waals surface area contributed by atoms with Gasteiger partial charge in [-0.05, 0) is 12.1 Å². The lowest BCUT2D eigenvalue weighted by Gasteiger charge is -2.03. The van der Waals surface area contributed by atoms with Crippen molar-refractivity contribution in [1.29, 1.82) is 0 Å². The minimum absolute atomic E-state index is 0.0428. The van der Waals surface area contributed by atoms with Gasteiger partial charge in [-0.25, -0.2) is 0 Å². The van der Waals surface area contributed by atoms with E-state index in [1.54, 1.807) is 12.1 Å². The number of ether oxygens (including phenoxy) is 1. The Hall–Kier alpha value is -0.670. The van der Waals surface area contributed by atoms with E-state index >= 15 is 0 Å². The summed E-state index contributed by atoms with van der Waals surface area (Å²) < 4.78 is 5.91. The summed E-state index contributed by atoms with van der Waals surface area (Å²) in [4.78, 5) is 10.8. The first-order valence-electron chi connectivity index (χ1n) is 3.22. The zero-order chi connectivity index (χ0) is 9.14. The molecule has 0 spiro atoms. The van der Waals surface area contributed by atoms with Gasteiger partial charge in [-0.15, -0.1) is 0 Å². The van der Waals surface area contributed by atoms with E-state index in [0.717, 1.165) is 0 Å². The predicted octanol–water partition coefficient (Wildman–Crippen LogP) is 1.97. The Morgan fingerprint density at radius 1 is 1.50 bits per heavy atom. The van der Waals surface area contributed by atoms with Crippen LogP contribution >= 0.6 is 23.2 Å². The first kappa shape index (κ1) is 9.42. The van der Waals surface area contributed by atoms with Gasteiger partial charge in [-0.2, -0.15) is 0 Å². The summed E-state index contributed by atoms with van der Waals surface area (Å²) in [7, 11) is 1.31. The molecular formula is C7H7Cl2NO2. The van der Waals surface area contributed by atoms with Gasteiger partial charge in [-0.3, -0.25) is 4.79 Å². The molecule has 0 fully saturated rings. The van der Waals surface area contributed by atoms with Crippen molar-refractivity contribution in [2.75, 3.05) is 7.11 Å². The van der Waals surface area contributed by atoms with Gasteiger partial charge in [0.05, 0.1) is 7.11 Å². The van der Waals surface area contributed by atoms with E-state index in [1.165, 1.54) is 11.7 Å². The highest BCUT2D eigenvalue weighted by molar-refractivity contribution is 6.33. The summed E-state index contributed by atoms with van der Waals surface area (Å²) in [6.07, 6.45) is 0. The van der Waals surface area contributed by atoms with Crippen LogP contribution in [0.25, 0.3) is 0 Å². The SMILES string of the molecule is COC(=O)Cn1c(Cl)ccc1Cl. The lowest BCUT2D eigenvalue weighted by Crippen LogP contribution is -2.11. The number of rotatable bonds is 2. The number of carbonyl (C=O) groups is 1. The lowest BCUT2D eigenvalue weighted by molar-refractivity contribution is -0.141. The second-order valence-corrected chi connectivity index (χ2v) is 2.92. The van der Waals surface area contributed by atoms with Crippen LogP contribution in [-0.4, -0.2) is 17.6 Å². The maximum absolute atomic E-state index is 10.8. The highest BCUT2D eigenvalue weighted by atomic mass is 35.5. The van der Waals surface area contributed by atoms with E-state index in [-0.39, 0.29) is 12.5 Å². The maximum Gasteiger partial charge on any atom is 0.325 e. The Morgan fingerprint density at radius 3 is 2.42 bits per heavy atom. The molecule has 1 aromatic heterocycles. The fourth-order valence-electron chi connectivity index (χ4n) is 0.764. The first-order valence-corrected chi connectivity index (χ1v) is 3.98. The standard InChI is InChI=1S/C7H7Cl2NO2/c1-12-7(11)4-10-5(8)2-3-6(10)9/h2-3H,4H2,1H3. The van der Waals surface area contributed by atoms with Gasteiger partial charge >= 0.3 is 5.97 Å². The van der Waals surface area contributed by atoms with Crippen LogP contribution in [0.15, 0.2) is 12.1 Å². The molecule has 1 heterocycles. The van der Waals surface area contributed by atoms with Crippen molar-refractivity contribution in [2.45, 2.75) is 6.54 Å². The molecule has 5 heteroatoms. The number of hydrogen-bond acceptors (Lipinski definition) is 2. The summed E-state index contributed by atoms with van der Waals surface area (Å²) in [5.74, 6) is -0.380. The molecule has 66 valence electrons. The molecule has 0 aromatic carbocycles. The van der Waals surface area contributed by atoms with Crippen LogP contribution in [0.3, 0.4) is 0 Å². The number of esters is 1. The third-order valence-electron chi connectivity index (χ3n) is 1.39. The summed E-state index contributed by atoms with van der Waals surface area (Å²) in [5.41, 5.74) is 0. The third kappa shape index (κ3) is 1.93. The average molecular weight is 208 g/mol. The number of nitrogens with zero attached hydrogens (tertiary/aromatic N) is 1. The topological polar surface area (TPSA) is 31.2 Å². The van der Waals surface area contributed by atoms with Crippen LogP contribution in [0.1, 0.15) is 0 Å². The molecule has 0 saturated heterocycles. The summed E-state index contributed by atoms with van der Waals surface area (Å²) in [6, 6.07) is 3.24. The minimum atomic E-state index is -0.380. The molecule has 12 heavy (non-hydrogen) atoms. The van der Waals surface area contributed by atoms with Crippen LogP contribution in [-0.2, 0) is 16.1 Å². The van der Waals surface area contributed by atoms with Crippen LogP contribution in [0, 0.1) is 0 Å². The molecule has 0 aliphatic rings. The number of halogens is 2. The molecule has 3 nitrogen and oxygen atoms in total. The molecule has 0 saturated carbocycles. The highest BCUT2D eigenvalue weighted by Gasteiger charge is 2.08. The normalized spacial score (nSPS) is 9.92. The molecular weight excluding hydrogens is 201 g/mol. The van der Waals surface area contributed by atoms with Gasteiger partial charge in [0.2, 0.25) is 0 Å². The van der Waals surface area contributed by atoms with Crippen molar-refractivity contribution in [3.05, 3.63) is 22.4 Å². The number of methoxy groups -OCH3 is 1. The van der Waals surface area contributed by atoms with E-state index in [1.807, 2.05) is 0 Å². The molecule has 0 amide bonds. The third-order valence-corrected chi connectivity index (χ3v) is 2.05. The van der Waals surface area contributed by atoms with Crippen LogP contribution in [0.2, 0.25) is 10.3 Å². The number of hydrogen-bond donors (Lipinski definition) is 0. The van der Waals surface area contributed by atoms with Gasteiger partial charge in [0, 0.05) is 0 Å². The molecule has 1 rings (SSSR count). The quantitative estimate of drug-likeness (QED) is 0.695. The molecule has 0 unspecified atom stereocenters. The molecule has 0 bridgehead atoms. The van der Waals surface area contributed by atoms with E-state index in [2.05, 4.69) is 4.74 Å². The largest absolute Gasteiger partial charge is 0.468 e. The smallest absolute Gasteiger partial charge is 0.325 e. The molecule has 1 aromatic rings. The Bertz CT molecular complexity index is 276. The zero-order valence-electron chi connectivity index (χ0n) is 6.38. The number of carbonyl (C=O) groups excluding carboxylic acids is 1. The van der Waals surface area contributed by atoms with Crippen molar-refractivity contribution >= 4 is 29.2 Å². The Morgan fingerprint density at radius 2 is 2.00 bits per heavy atom. The summed E-state index contributed by atoms with van der Waals surface area (Å²) in [6.45, 7) is 0.0428. The number of aromatic nitrogens is 1. The van der Waals surface area contributed by atoms with Crippen LogP contribution < -0.4 is 0 Å². The van der Waals surface area contributed by atoms with Crippen LogP contribution in [0.4, 0.5) is 0 Å². The highest BCUT2D eigenvalue weighted by Crippen LogP contribution is 2.18. The van der Waals surface area contributed by atoms with Crippen molar-refractivity contribution in [2.24, 2.45) is 0 Å². The Balaban J connectivity index is 2.80. The van der Waals surface area contributed by atoms with Crippen molar-refractivity contribution in [1.82, 2.24) is 4.57 Å². The van der Waals surface area contributed by atoms with Crippen LogP contribution in [0.5, 0.6) is 0 Å². The van der Waals surface area contributed by atoms with E-state index < -0.39 is 0 Å². The summed E-state index contributed by atoms with van der Waals surface area (Å²) >= 11 is 11.4. The molecule has 0 aliphatic heterocycles. The van der Waals surface area contributed by atoms with Crippen molar-refractivity contribution < 1.29 is 9.53 Å². The van der Waals surface area contributed by atoms with E-state index in [9.17, 15) is 4.79 Å². The van der Waals surface area contributed by atoms with Gasteiger partial charge in [0.15, 0.2) is 0 Å². The van der Waals surface area contributed by atoms with Gasteiger partial charge in [-0.1, -0.05) is 23.2 Å². The Kier molecular flexibility index (Phi) is 3.00. The van der Waals surface area contributed by atoms with E-state index in [0.29, 0.717) is 10.3 Å². The molecule has 0 radical (unpaired) electrons. The predicted molar refractivity (Wildman–Crippen MR) is 46.5 cm³/mol. The monoisotopic (exact) mass is 207 g/mol. The maximum atomic E-state index is 10.8.